The summed E-state index contributed by atoms with van der Waals surface area (Å²) >= 11 is 0. The molecule has 0 atom stereocenters. The molecule has 2 aromatic rings. The molecule has 1 aromatic heterocycles. The van der Waals surface area contributed by atoms with E-state index in [1.165, 1.54) is 11.9 Å². The van der Waals surface area contributed by atoms with Crippen LogP contribution in [0.1, 0.15) is 11.1 Å². The molecule has 0 amide bonds. The predicted octanol–water partition coefficient (Wildman–Crippen LogP) is 1.54. The molecule has 1 N–H and O–H groups in total. The minimum Gasteiger partial charge on any atom is -0.497 e. The van der Waals surface area contributed by atoms with Gasteiger partial charge in [0.2, 0.25) is 0 Å². The maximum Gasteiger partial charge on any atom is 0.254 e. The van der Waals surface area contributed by atoms with Crippen molar-refractivity contribution in [1.82, 2.24) is 9.97 Å². The lowest BCUT2D eigenvalue weighted by Gasteiger charge is -2.18. The van der Waals surface area contributed by atoms with Crippen molar-refractivity contribution < 1.29 is 4.74 Å². The van der Waals surface area contributed by atoms with E-state index in [0.717, 1.165) is 35.4 Å². The van der Waals surface area contributed by atoms with Crippen molar-refractivity contribution in [2.75, 3.05) is 7.11 Å². The quantitative estimate of drug-likeness (QED) is 0.805. The molecular formula is C13H12N2O2. The van der Waals surface area contributed by atoms with Crippen molar-refractivity contribution in [3.8, 4) is 17.0 Å². The number of aryl methyl sites for hydroxylation is 1. The summed E-state index contributed by atoms with van der Waals surface area (Å²) in [6.07, 6.45) is 3.08. The molecule has 4 nitrogen and oxygen atoms in total. The molecule has 0 bridgehead atoms. The van der Waals surface area contributed by atoms with Crippen LogP contribution in [0, 0.1) is 0 Å². The highest BCUT2D eigenvalue weighted by Crippen LogP contribution is 2.32. The van der Waals surface area contributed by atoms with Gasteiger partial charge in [-0.3, -0.25) is 4.79 Å². The van der Waals surface area contributed by atoms with Gasteiger partial charge in [-0.05, 0) is 30.5 Å². The summed E-state index contributed by atoms with van der Waals surface area (Å²) in [4.78, 5) is 18.6. The van der Waals surface area contributed by atoms with E-state index < -0.39 is 0 Å². The summed E-state index contributed by atoms with van der Waals surface area (Å²) in [5, 5.41) is 0. The van der Waals surface area contributed by atoms with Crippen LogP contribution in [-0.4, -0.2) is 17.1 Å². The lowest BCUT2D eigenvalue weighted by atomic mass is 9.89. The Labute approximate surface area is 98.3 Å². The molecular weight excluding hydrogens is 216 g/mol. The number of nitrogens with one attached hydrogen (secondary N) is 1. The zero-order valence-corrected chi connectivity index (χ0v) is 9.49. The first-order chi connectivity index (χ1) is 8.29. The Bertz CT molecular complexity index is 632. The zero-order chi connectivity index (χ0) is 11.8. The highest BCUT2D eigenvalue weighted by atomic mass is 16.5. The minimum atomic E-state index is -0.0385. The second-order valence-electron chi connectivity index (χ2n) is 4.08. The van der Waals surface area contributed by atoms with Gasteiger partial charge >= 0.3 is 0 Å². The maximum absolute atomic E-state index is 11.7. The number of aromatic amines is 1. The number of benzene rings is 1. The van der Waals surface area contributed by atoms with Gasteiger partial charge in [-0.1, -0.05) is 6.07 Å². The number of nitrogens with zero attached hydrogens (tertiary/aromatic N) is 1. The van der Waals surface area contributed by atoms with E-state index in [-0.39, 0.29) is 5.56 Å². The molecule has 0 spiro atoms. The molecule has 0 fully saturated rings. The van der Waals surface area contributed by atoms with Gasteiger partial charge in [-0.15, -0.1) is 0 Å². The van der Waals surface area contributed by atoms with Gasteiger partial charge < -0.3 is 9.72 Å². The molecule has 4 heteroatoms. The number of methoxy groups -OCH3 is 1. The summed E-state index contributed by atoms with van der Waals surface area (Å²) in [5.74, 6) is 0.790. The van der Waals surface area contributed by atoms with Crippen LogP contribution in [0.4, 0.5) is 0 Å². The number of H-pyrrole nitrogens is 1. The van der Waals surface area contributed by atoms with Crippen LogP contribution >= 0.6 is 0 Å². The molecule has 1 heterocycles. The largest absolute Gasteiger partial charge is 0.497 e. The third-order valence-corrected chi connectivity index (χ3v) is 3.17. The van der Waals surface area contributed by atoms with E-state index in [0.29, 0.717) is 0 Å². The van der Waals surface area contributed by atoms with Gasteiger partial charge in [-0.25, -0.2) is 4.98 Å². The fourth-order valence-electron chi connectivity index (χ4n) is 2.27. The van der Waals surface area contributed by atoms with Crippen molar-refractivity contribution >= 4 is 0 Å². The Morgan fingerprint density at radius 2 is 2.24 bits per heavy atom. The fourth-order valence-corrected chi connectivity index (χ4v) is 2.27. The Balaban J connectivity index is 2.27. The number of aromatic nitrogens is 2. The summed E-state index contributed by atoms with van der Waals surface area (Å²) in [6, 6.07) is 5.93. The second-order valence-corrected chi connectivity index (χ2v) is 4.08. The van der Waals surface area contributed by atoms with Crippen LogP contribution < -0.4 is 10.3 Å². The van der Waals surface area contributed by atoms with Gasteiger partial charge in [0.1, 0.15) is 5.75 Å². The molecule has 0 saturated heterocycles. The number of fused-ring (bicyclic) bond motifs is 3. The normalized spacial score (nSPS) is 12.8. The van der Waals surface area contributed by atoms with E-state index in [9.17, 15) is 4.79 Å². The second kappa shape index (κ2) is 3.73. The Hall–Kier alpha value is -2.10. The number of hydrogen-bond donors (Lipinski definition) is 1. The summed E-state index contributed by atoms with van der Waals surface area (Å²) in [5.41, 5.74) is 3.75. The smallest absolute Gasteiger partial charge is 0.254 e. The van der Waals surface area contributed by atoms with Gasteiger partial charge in [-0.2, -0.15) is 0 Å². The maximum atomic E-state index is 11.7. The van der Waals surface area contributed by atoms with Gasteiger partial charge in [0.05, 0.1) is 19.1 Å². The first-order valence-electron chi connectivity index (χ1n) is 5.53. The molecule has 86 valence electrons. The summed E-state index contributed by atoms with van der Waals surface area (Å²) in [6.45, 7) is 0. The van der Waals surface area contributed by atoms with Crippen molar-refractivity contribution in [3.63, 3.8) is 0 Å². The topological polar surface area (TPSA) is 55.0 Å². The molecule has 0 unspecified atom stereocenters. The van der Waals surface area contributed by atoms with Crippen LogP contribution in [0.2, 0.25) is 0 Å². The number of hydrogen-bond acceptors (Lipinski definition) is 3. The monoisotopic (exact) mass is 228 g/mol. The Morgan fingerprint density at radius 3 is 3.06 bits per heavy atom. The first kappa shape index (κ1) is 10.1. The van der Waals surface area contributed by atoms with Crippen molar-refractivity contribution in [3.05, 3.63) is 46.0 Å². The van der Waals surface area contributed by atoms with E-state index in [4.69, 9.17) is 4.74 Å². The molecule has 0 radical (unpaired) electrons. The van der Waals surface area contributed by atoms with Crippen LogP contribution in [0.15, 0.2) is 29.3 Å². The SMILES string of the molecule is COc1ccc2c(c1)-c1nc[nH]c(=O)c1CC2. The molecule has 0 saturated carbocycles. The average Bonchev–Trinajstić information content (AvgIpc) is 2.38. The third kappa shape index (κ3) is 1.53. The van der Waals surface area contributed by atoms with E-state index in [1.807, 2.05) is 18.2 Å². The molecule has 1 aliphatic rings. The molecule has 1 aliphatic carbocycles. The Morgan fingerprint density at radius 1 is 1.35 bits per heavy atom. The first-order valence-corrected chi connectivity index (χ1v) is 5.53. The van der Waals surface area contributed by atoms with Crippen LogP contribution in [-0.2, 0) is 12.8 Å². The van der Waals surface area contributed by atoms with Crippen molar-refractivity contribution in [2.45, 2.75) is 12.8 Å². The molecule has 0 aliphatic heterocycles. The summed E-state index contributed by atoms with van der Waals surface area (Å²) in [7, 11) is 1.64. The molecule has 17 heavy (non-hydrogen) atoms. The van der Waals surface area contributed by atoms with Crippen molar-refractivity contribution in [2.24, 2.45) is 0 Å². The van der Waals surface area contributed by atoms with Gasteiger partial charge in [0.25, 0.3) is 5.56 Å². The van der Waals surface area contributed by atoms with Crippen LogP contribution in [0.25, 0.3) is 11.3 Å². The van der Waals surface area contributed by atoms with Crippen LogP contribution in [0.3, 0.4) is 0 Å². The highest BCUT2D eigenvalue weighted by Gasteiger charge is 2.19. The minimum absolute atomic E-state index is 0.0385. The Kier molecular flexibility index (Phi) is 2.21. The number of ether oxygens (including phenoxy) is 1. The lowest BCUT2D eigenvalue weighted by Crippen LogP contribution is -2.19. The molecule has 1 aromatic carbocycles. The summed E-state index contributed by atoms with van der Waals surface area (Å²) < 4.78 is 5.21. The predicted molar refractivity (Wildman–Crippen MR) is 64.3 cm³/mol. The lowest BCUT2D eigenvalue weighted by molar-refractivity contribution is 0.415. The standard InChI is InChI=1S/C13H12N2O2/c1-17-9-4-2-8-3-5-10-12(11(8)6-9)14-7-15-13(10)16/h2,4,6-7H,3,5H2,1H3,(H,14,15,16). The average molecular weight is 228 g/mol. The third-order valence-electron chi connectivity index (χ3n) is 3.17. The van der Waals surface area contributed by atoms with Gasteiger partial charge in [0.15, 0.2) is 0 Å². The van der Waals surface area contributed by atoms with E-state index >= 15 is 0 Å². The van der Waals surface area contributed by atoms with Crippen molar-refractivity contribution in [1.29, 1.82) is 0 Å². The zero-order valence-electron chi connectivity index (χ0n) is 9.49. The van der Waals surface area contributed by atoms with Crippen LogP contribution in [0.5, 0.6) is 5.75 Å². The van der Waals surface area contributed by atoms with Gasteiger partial charge in [0, 0.05) is 11.1 Å². The van der Waals surface area contributed by atoms with E-state index in [2.05, 4.69) is 9.97 Å². The highest BCUT2D eigenvalue weighted by molar-refractivity contribution is 5.70. The fraction of sp³-hybridized carbons (Fsp3) is 0.231. The molecule has 3 rings (SSSR count). The number of rotatable bonds is 1. The van der Waals surface area contributed by atoms with E-state index in [1.54, 1.807) is 7.11 Å².